The molecule has 1 aromatic carbocycles. The first-order valence-corrected chi connectivity index (χ1v) is 6.85. The second-order valence-corrected chi connectivity index (χ2v) is 5.51. The van der Waals surface area contributed by atoms with E-state index < -0.39 is 12.0 Å². The van der Waals surface area contributed by atoms with Gasteiger partial charge in [-0.3, -0.25) is 0 Å². The average molecular weight is 327 g/mol. The van der Waals surface area contributed by atoms with Crippen LogP contribution < -0.4 is 5.32 Å². The van der Waals surface area contributed by atoms with Gasteiger partial charge in [0.1, 0.15) is 6.04 Å². The molecule has 2 rings (SSSR count). The van der Waals surface area contributed by atoms with Crippen LogP contribution >= 0.6 is 15.9 Å². The van der Waals surface area contributed by atoms with Crippen LogP contribution in [-0.2, 0) is 4.79 Å². The number of carbonyl (C=O) groups excluding carboxylic acids is 1. The second kappa shape index (κ2) is 5.61. The molecule has 1 aliphatic heterocycles. The van der Waals surface area contributed by atoms with Crippen molar-refractivity contribution in [2.45, 2.75) is 19.4 Å². The molecule has 0 saturated carbocycles. The van der Waals surface area contributed by atoms with Crippen molar-refractivity contribution in [3.8, 4) is 0 Å². The number of benzene rings is 1. The third-order valence-electron chi connectivity index (χ3n) is 3.33. The van der Waals surface area contributed by atoms with Gasteiger partial charge in [-0.15, -0.1) is 0 Å². The van der Waals surface area contributed by atoms with Crippen molar-refractivity contribution in [3.05, 3.63) is 28.7 Å². The van der Waals surface area contributed by atoms with E-state index in [2.05, 4.69) is 21.2 Å². The number of carbonyl (C=O) groups is 2. The van der Waals surface area contributed by atoms with Crippen molar-refractivity contribution in [3.63, 3.8) is 0 Å². The first-order valence-electron chi connectivity index (χ1n) is 6.05. The third-order valence-corrected chi connectivity index (χ3v) is 4.02. The molecule has 2 N–H and O–H groups in total. The van der Waals surface area contributed by atoms with E-state index >= 15 is 0 Å². The Labute approximate surface area is 119 Å². The van der Waals surface area contributed by atoms with E-state index in [-0.39, 0.29) is 11.9 Å². The summed E-state index contributed by atoms with van der Waals surface area (Å²) in [6.07, 6.45) is 0.709. The van der Waals surface area contributed by atoms with Crippen LogP contribution in [0.4, 0.5) is 10.5 Å². The van der Waals surface area contributed by atoms with E-state index in [1.54, 1.807) is 6.07 Å². The van der Waals surface area contributed by atoms with Crippen LogP contribution in [0.25, 0.3) is 0 Å². The predicted molar refractivity (Wildman–Crippen MR) is 75.1 cm³/mol. The Bertz CT molecular complexity index is 506. The summed E-state index contributed by atoms with van der Waals surface area (Å²) in [7, 11) is 0. The zero-order valence-corrected chi connectivity index (χ0v) is 12.1. The zero-order valence-electron chi connectivity index (χ0n) is 10.5. The molecule has 0 aromatic heterocycles. The van der Waals surface area contributed by atoms with Gasteiger partial charge < -0.3 is 15.3 Å². The Morgan fingerprint density at radius 1 is 1.42 bits per heavy atom. The van der Waals surface area contributed by atoms with Crippen LogP contribution in [0.5, 0.6) is 0 Å². The number of carboxylic acid groups (broad SMARTS) is 1. The predicted octanol–water partition coefficient (Wildman–Crippen LogP) is 2.78. The van der Waals surface area contributed by atoms with Gasteiger partial charge in [-0.2, -0.15) is 0 Å². The van der Waals surface area contributed by atoms with Crippen LogP contribution in [0.2, 0.25) is 0 Å². The fourth-order valence-electron chi connectivity index (χ4n) is 2.30. The number of para-hydroxylation sites is 1. The minimum Gasteiger partial charge on any atom is -0.480 e. The van der Waals surface area contributed by atoms with Gasteiger partial charge in [0.15, 0.2) is 0 Å². The van der Waals surface area contributed by atoms with Crippen molar-refractivity contribution in [2.75, 3.05) is 11.9 Å². The Kier molecular flexibility index (Phi) is 4.09. The molecule has 1 heterocycles. The number of carboxylic acids is 1. The highest BCUT2D eigenvalue weighted by atomic mass is 79.9. The molecule has 0 bridgehead atoms. The van der Waals surface area contributed by atoms with Gasteiger partial charge in [-0.05, 0) is 40.4 Å². The number of amides is 2. The molecule has 1 fully saturated rings. The largest absolute Gasteiger partial charge is 0.480 e. The molecule has 19 heavy (non-hydrogen) atoms. The Morgan fingerprint density at radius 2 is 2.11 bits per heavy atom. The smallest absolute Gasteiger partial charge is 0.326 e. The molecule has 0 radical (unpaired) electrons. The van der Waals surface area contributed by atoms with Gasteiger partial charge in [-0.25, -0.2) is 9.59 Å². The maximum absolute atomic E-state index is 12.2. The molecule has 102 valence electrons. The van der Waals surface area contributed by atoms with Gasteiger partial charge in [-0.1, -0.05) is 19.1 Å². The van der Waals surface area contributed by atoms with Crippen LogP contribution in [0, 0.1) is 5.92 Å². The van der Waals surface area contributed by atoms with Crippen molar-refractivity contribution in [1.82, 2.24) is 4.90 Å². The molecule has 6 heteroatoms. The highest BCUT2D eigenvalue weighted by Crippen LogP contribution is 2.26. The zero-order chi connectivity index (χ0) is 14.0. The molecule has 1 aromatic rings. The topological polar surface area (TPSA) is 69.6 Å². The van der Waals surface area contributed by atoms with Gasteiger partial charge in [0, 0.05) is 11.0 Å². The number of hydrogen-bond donors (Lipinski definition) is 2. The number of rotatable bonds is 2. The molecular formula is C13H15BrN2O3. The molecule has 1 aliphatic rings. The SMILES string of the molecule is CC1CCN(C(=O)Nc2ccccc2Br)C1C(=O)O. The molecule has 2 unspecified atom stereocenters. The summed E-state index contributed by atoms with van der Waals surface area (Å²) >= 11 is 3.34. The minimum absolute atomic E-state index is 0.0255. The first-order chi connectivity index (χ1) is 9.00. The molecular weight excluding hydrogens is 312 g/mol. The monoisotopic (exact) mass is 326 g/mol. The lowest BCUT2D eigenvalue weighted by Gasteiger charge is -2.23. The number of nitrogens with one attached hydrogen (secondary N) is 1. The lowest BCUT2D eigenvalue weighted by molar-refractivity contribution is -0.142. The number of halogens is 1. The Balaban J connectivity index is 2.12. The third kappa shape index (κ3) is 2.89. The average Bonchev–Trinajstić information content (AvgIpc) is 2.74. The summed E-state index contributed by atoms with van der Waals surface area (Å²) in [4.78, 5) is 24.8. The Hall–Kier alpha value is -1.56. The van der Waals surface area contributed by atoms with Gasteiger partial charge in [0.25, 0.3) is 0 Å². The van der Waals surface area contributed by atoms with E-state index in [9.17, 15) is 14.7 Å². The second-order valence-electron chi connectivity index (χ2n) is 4.65. The number of anilines is 1. The summed E-state index contributed by atoms with van der Waals surface area (Å²) in [6, 6.07) is 6.11. The highest BCUT2D eigenvalue weighted by Gasteiger charge is 2.39. The van der Waals surface area contributed by atoms with Gasteiger partial charge in [0.05, 0.1) is 5.69 Å². The first kappa shape index (κ1) is 13.9. The van der Waals surface area contributed by atoms with E-state index in [1.807, 2.05) is 25.1 Å². The molecule has 2 atom stereocenters. The van der Waals surface area contributed by atoms with Gasteiger partial charge in [0.2, 0.25) is 0 Å². The van der Waals surface area contributed by atoms with Crippen LogP contribution in [-0.4, -0.2) is 34.6 Å². The Morgan fingerprint density at radius 3 is 2.74 bits per heavy atom. The van der Waals surface area contributed by atoms with E-state index in [0.717, 1.165) is 4.47 Å². The normalized spacial score (nSPS) is 22.3. The summed E-state index contributed by atoms with van der Waals surface area (Å²) in [5.74, 6) is -0.977. The molecule has 5 nitrogen and oxygen atoms in total. The fraction of sp³-hybridized carbons (Fsp3) is 0.385. The van der Waals surface area contributed by atoms with Crippen molar-refractivity contribution in [1.29, 1.82) is 0 Å². The van der Waals surface area contributed by atoms with Crippen LogP contribution in [0.15, 0.2) is 28.7 Å². The molecule has 0 aliphatic carbocycles. The van der Waals surface area contributed by atoms with Gasteiger partial charge >= 0.3 is 12.0 Å². The quantitative estimate of drug-likeness (QED) is 0.877. The standard InChI is InChI=1S/C13H15BrN2O3/c1-8-6-7-16(11(8)12(17)18)13(19)15-10-5-3-2-4-9(10)14/h2-5,8,11H,6-7H2,1H3,(H,15,19)(H,17,18). The molecule has 0 spiro atoms. The van der Waals surface area contributed by atoms with Crippen LogP contribution in [0.1, 0.15) is 13.3 Å². The van der Waals surface area contributed by atoms with Crippen molar-refractivity contribution in [2.24, 2.45) is 5.92 Å². The van der Waals surface area contributed by atoms with Crippen molar-refractivity contribution < 1.29 is 14.7 Å². The summed E-state index contributed by atoms with van der Waals surface area (Å²) in [5.41, 5.74) is 0.635. The van der Waals surface area contributed by atoms with E-state index in [4.69, 9.17) is 0 Å². The summed E-state index contributed by atoms with van der Waals surface area (Å²) < 4.78 is 0.766. The lowest BCUT2D eigenvalue weighted by atomic mass is 10.0. The maximum Gasteiger partial charge on any atom is 0.326 e. The molecule has 2 amide bonds. The summed E-state index contributed by atoms with van der Waals surface area (Å²) in [5, 5.41) is 11.9. The van der Waals surface area contributed by atoms with Crippen LogP contribution in [0.3, 0.4) is 0 Å². The highest BCUT2D eigenvalue weighted by molar-refractivity contribution is 9.10. The number of hydrogen-bond acceptors (Lipinski definition) is 2. The van der Waals surface area contributed by atoms with E-state index in [0.29, 0.717) is 18.7 Å². The maximum atomic E-state index is 12.2. The molecule has 1 saturated heterocycles. The number of likely N-dealkylation sites (tertiary alicyclic amines) is 1. The van der Waals surface area contributed by atoms with Crippen molar-refractivity contribution >= 4 is 33.6 Å². The fourth-order valence-corrected chi connectivity index (χ4v) is 2.68. The number of nitrogens with zero attached hydrogens (tertiary/aromatic N) is 1. The summed E-state index contributed by atoms with van der Waals surface area (Å²) in [6.45, 7) is 2.32. The minimum atomic E-state index is -0.952. The number of urea groups is 1. The number of aliphatic carboxylic acids is 1. The van der Waals surface area contributed by atoms with E-state index in [1.165, 1.54) is 4.90 Å². The lowest BCUT2D eigenvalue weighted by Crippen LogP contribution is -2.44.